The van der Waals surface area contributed by atoms with Crippen LogP contribution in [0, 0.1) is 0 Å². The Balaban J connectivity index is 1.59. The number of nitrogens with zero attached hydrogens (tertiary/aromatic N) is 3. The Morgan fingerprint density at radius 3 is 2.71 bits per heavy atom. The van der Waals surface area contributed by atoms with Crippen LogP contribution in [0.25, 0.3) is 0 Å². The number of likely N-dealkylation sites (tertiary alicyclic amines) is 1. The normalized spacial score (nSPS) is 27.7. The van der Waals surface area contributed by atoms with Gasteiger partial charge >= 0.3 is 6.03 Å². The molecule has 4 rings (SSSR count). The zero-order chi connectivity index (χ0) is 19.7. The molecule has 0 bridgehead atoms. The predicted octanol–water partition coefficient (Wildman–Crippen LogP) is 1.12. The van der Waals surface area contributed by atoms with Crippen LogP contribution in [0.15, 0.2) is 30.3 Å². The van der Waals surface area contributed by atoms with Crippen LogP contribution in [0.1, 0.15) is 24.3 Å². The van der Waals surface area contributed by atoms with E-state index in [1.54, 1.807) is 4.90 Å². The lowest BCUT2D eigenvalue weighted by Gasteiger charge is -2.42. The van der Waals surface area contributed by atoms with Crippen LogP contribution in [0.3, 0.4) is 0 Å². The number of hydrogen-bond acceptors (Lipinski definition) is 4. The fraction of sp³-hybridized carbons (Fsp3) is 0.619. The summed E-state index contributed by atoms with van der Waals surface area (Å²) in [6.45, 7) is 3.29. The van der Waals surface area contributed by atoms with Crippen LogP contribution >= 0.6 is 0 Å². The fourth-order valence-corrected chi connectivity index (χ4v) is 4.19. The number of rotatable bonds is 5. The summed E-state index contributed by atoms with van der Waals surface area (Å²) in [5, 5.41) is 3.05. The lowest BCUT2D eigenvalue weighted by molar-refractivity contribution is -0.159. The highest BCUT2D eigenvalue weighted by Gasteiger charge is 2.58. The van der Waals surface area contributed by atoms with Crippen molar-refractivity contribution in [3.8, 4) is 0 Å². The molecule has 28 heavy (non-hydrogen) atoms. The smallest absolute Gasteiger partial charge is 0.317 e. The van der Waals surface area contributed by atoms with Gasteiger partial charge in [0.15, 0.2) is 5.60 Å². The maximum atomic E-state index is 13.5. The van der Waals surface area contributed by atoms with E-state index in [4.69, 9.17) is 4.74 Å². The average Bonchev–Trinajstić information content (AvgIpc) is 3.48. The summed E-state index contributed by atoms with van der Waals surface area (Å²) in [5.74, 6) is -0.0768. The zero-order valence-corrected chi connectivity index (χ0v) is 16.8. The first-order valence-corrected chi connectivity index (χ1v) is 10.2. The van der Waals surface area contributed by atoms with Crippen LogP contribution < -0.4 is 5.32 Å². The van der Waals surface area contributed by atoms with Gasteiger partial charge in [0.1, 0.15) is 0 Å². The molecule has 2 saturated heterocycles. The number of carbonyl (C=O) groups is 2. The number of likely N-dealkylation sites (N-methyl/N-ethyl adjacent to an activating group) is 1. The first-order chi connectivity index (χ1) is 13.5. The lowest BCUT2D eigenvalue weighted by atomic mass is 9.83. The van der Waals surface area contributed by atoms with Crippen molar-refractivity contribution in [3.63, 3.8) is 0 Å². The van der Waals surface area contributed by atoms with Crippen molar-refractivity contribution in [3.05, 3.63) is 35.9 Å². The minimum absolute atomic E-state index is 0.00660. The summed E-state index contributed by atoms with van der Waals surface area (Å²) in [7, 11) is 4.01. The van der Waals surface area contributed by atoms with Gasteiger partial charge in [-0.05, 0) is 32.5 Å². The number of morpholine rings is 1. The largest absolute Gasteiger partial charge is 0.361 e. The third-order valence-electron chi connectivity index (χ3n) is 5.97. The first kappa shape index (κ1) is 19.2. The highest BCUT2D eigenvalue weighted by Crippen LogP contribution is 2.42. The van der Waals surface area contributed by atoms with Gasteiger partial charge in [-0.15, -0.1) is 0 Å². The molecule has 0 aromatic heterocycles. The predicted molar refractivity (Wildman–Crippen MR) is 106 cm³/mol. The topological polar surface area (TPSA) is 65.1 Å². The van der Waals surface area contributed by atoms with E-state index in [0.29, 0.717) is 38.8 Å². The Bertz CT molecular complexity index is 722. The molecule has 1 N–H and O–H groups in total. The summed E-state index contributed by atoms with van der Waals surface area (Å²) in [6.07, 6.45) is 2.09. The number of nitrogens with one attached hydrogen (secondary N) is 1. The van der Waals surface area contributed by atoms with Crippen molar-refractivity contribution in [2.45, 2.75) is 30.4 Å². The number of amides is 3. The molecule has 0 unspecified atom stereocenters. The molecule has 152 valence electrons. The van der Waals surface area contributed by atoms with E-state index in [-0.39, 0.29) is 17.9 Å². The summed E-state index contributed by atoms with van der Waals surface area (Å²) >= 11 is 0. The zero-order valence-electron chi connectivity index (χ0n) is 16.8. The van der Waals surface area contributed by atoms with Crippen LogP contribution in [-0.2, 0) is 9.53 Å². The van der Waals surface area contributed by atoms with Gasteiger partial charge in [0, 0.05) is 38.1 Å². The number of urea groups is 1. The van der Waals surface area contributed by atoms with E-state index in [9.17, 15) is 9.59 Å². The van der Waals surface area contributed by atoms with Gasteiger partial charge in [-0.25, -0.2) is 4.79 Å². The summed E-state index contributed by atoms with van der Waals surface area (Å²) in [5.41, 5.74) is 0.0972. The van der Waals surface area contributed by atoms with E-state index < -0.39 is 5.60 Å². The van der Waals surface area contributed by atoms with E-state index in [1.807, 2.05) is 37.2 Å². The van der Waals surface area contributed by atoms with Crippen molar-refractivity contribution in [1.82, 2.24) is 20.0 Å². The van der Waals surface area contributed by atoms with Gasteiger partial charge in [0.2, 0.25) is 0 Å². The maximum Gasteiger partial charge on any atom is 0.317 e. The molecule has 1 aliphatic carbocycles. The molecular weight excluding hydrogens is 356 g/mol. The second-order valence-electron chi connectivity index (χ2n) is 8.40. The lowest BCUT2D eigenvalue weighted by Crippen LogP contribution is -2.61. The minimum Gasteiger partial charge on any atom is -0.361 e. The molecule has 7 nitrogen and oxygen atoms in total. The molecule has 1 aromatic rings. The van der Waals surface area contributed by atoms with Gasteiger partial charge in [0.05, 0.1) is 13.2 Å². The Morgan fingerprint density at radius 1 is 1.29 bits per heavy atom. The number of ether oxygens (including phenoxy) is 1. The molecule has 3 aliphatic rings. The summed E-state index contributed by atoms with van der Waals surface area (Å²) in [6, 6.07) is 10.3. The molecule has 7 heteroatoms. The average molecular weight is 386 g/mol. The fourth-order valence-electron chi connectivity index (χ4n) is 4.19. The Kier molecular flexibility index (Phi) is 5.29. The summed E-state index contributed by atoms with van der Waals surface area (Å²) in [4.78, 5) is 31.9. The van der Waals surface area contributed by atoms with Gasteiger partial charge in [-0.3, -0.25) is 4.79 Å². The molecular formula is C21H30N4O3. The molecule has 0 radical (unpaired) electrons. The van der Waals surface area contributed by atoms with Gasteiger partial charge < -0.3 is 24.8 Å². The van der Waals surface area contributed by atoms with E-state index in [1.165, 1.54) is 0 Å². The number of hydrogen-bond donors (Lipinski definition) is 1. The van der Waals surface area contributed by atoms with Crippen LogP contribution in [0.4, 0.5) is 4.79 Å². The molecule has 1 aromatic carbocycles. The first-order valence-electron chi connectivity index (χ1n) is 10.2. The van der Waals surface area contributed by atoms with Gasteiger partial charge in [0.25, 0.3) is 5.91 Å². The molecule has 3 amide bonds. The third-order valence-corrected chi connectivity index (χ3v) is 5.97. The van der Waals surface area contributed by atoms with Crippen LogP contribution in [0.5, 0.6) is 0 Å². The van der Waals surface area contributed by atoms with Crippen molar-refractivity contribution in [2.75, 3.05) is 53.4 Å². The Labute approximate surface area is 166 Å². The second kappa shape index (κ2) is 7.72. The number of benzene rings is 1. The molecule has 2 heterocycles. The van der Waals surface area contributed by atoms with E-state index in [2.05, 4.69) is 22.3 Å². The molecule has 2 aliphatic heterocycles. The standard InChI is InChI=1S/C21H30N4O3/c1-23(2)10-11-24-14-18(16-6-4-3-5-7-16)21(19(24)26)15-25(12-13-28-21)20(27)22-17-8-9-17/h3-7,17-18H,8-15H2,1-2H3,(H,22,27)/t18-,21-/m0/s1. The quantitative estimate of drug-likeness (QED) is 0.824. The van der Waals surface area contributed by atoms with Crippen LogP contribution in [0.2, 0.25) is 0 Å². The maximum absolute atomic E-state index is 13.5. The highest BCUT2D eigenvalue weighted by molar-refractivity contribution is 5.90. The number of carbonyl (C=O) groups excluding carboxylic acids is 2. The van der Waals surface area contributed by atoms with Crippen molar-refractivity contribution in [1.29, 1.82) is 0 Å². The van der Waals surface area contributed by atoms with Crippen molar-refractivity contribution < 1.29 is 14.3 Å². The molecule has 1 spiro atoms. The Morgan fingerprint density at radius 2 is 2.04 bits per heavy atom. The molecule has 1 saturated carbocycles. The SMILES string of the molecule is CN(C)CCN1C[C@@H](c2ccccc2)[C@@]2(CN(C(=O)NC3CC3)CCO2)C1=O. The minimum atomic E-state index is -0.993. The molecule has 2 atom stereocenters. The van der Waals surface area contributed by atoms with Gasteiger partial charge in [-0.2, -0.15) is 0 Å². The highest BCUT2D eigenvalue weighted by atomic mass is 16.5. The van der Waals surface area contributed by atoms with E-state index in [0.717, 1.165) is 24.9 Å². The monoisotopic (exact) mass is 386 g/mol. The second-order valence-corrected chi connectivity index (χ2v) is 8.40. The van der Waals surface area contributed by atoms with Gasteiger partial charge in [-0.1, -0.05) is 30.3 Å². The van der Waals surface area contributed by atoms with E-state index >= 15 is 0 Å². The third kappa shape index (κ3) is 3.73. The molecule has 3 fully saturated rings. The Hall–Kier alpha value is -2.12. The summed E-state index contributed by atoms with van der Waals surface area (Å²) < 4.78 is 6.22. The van der Waals surface area contributed by atoms with Crippen LogP contribution in [-0.4, -0.2) is 91.7 Å². The van der Waals surface area contributed by atoms with Crippen molar-refractivity contribution in [2.24, 2.45) is 0 Å². The van der Waals surface area contributed by atoms with Crippen molar-refractivity contribution >= 4 is 11.9 Å².